The molecule has 9 rings (SSSR count). The van der Waals surface area contributed by atoms with Crippen molar-refractivity contribution in [3.05, 3.63) is 65.6 Å². The molecule has 0 radical (unpaired) electrons. The zero-order chi connectivity index (χ0) is 40.6. The second-order valence-electron chi connectivity index (χ2n) is 17.9. The lowest BCUT2D eigenvalue weighted by Crippen LogP contribution is -2.51. The number of alkyl carbamates (subject to hydrolysis) is 1. The molecule has 0 spiro atoms. The SMILES string of the molecule is COC[C@H]1C[C@@H](c2ncc(-c3ccc4c(c3)COc3cc5c6c(ccc5cc3-4)N=C([C@@H]3C[C@H]4C[C@H]4N3C(=O)OC(C)(C)C)C6)[nH]2)N(C(=O)C(NC(=O)OC)C(C)C)C1. The molecule has 2 N–H and O–H groups in total. The zero-order valence-electron chi connectivity index (χ0n) is 34.3. The summed E-state index contributed by atoms with van der Waals surface area (Å²) in [6.45, 7) is 11.0. The van der Waals surface area contributed by atoms with Gasteiger partial charge >= 0.3 is 12.2 Å². The van der Waals surface area contributed by atoms with Crippen LogP contribution in [0.15, 0.2) is 53.7 Å². The molecule has 1 unspecified atom stereocenters. The van der Waals surface area contributed by atoms with E-state index in [1.165, 1.54) is 12.7 Å². The summed E-state index contributed by atoms with van der Waals surface area (Å²) < 4.78 is 22.6. The lowest BCUT2D eigenvalue weighted by atomic mass is 9.90. The van der Waals surface area contributed by atoms with Crippen LogP contribution in [0.3, 0.4) is 0 Å². The molecular formula is C45H52N6O7. The van der Waals surface area contributed by atoms with Gasteiger partial charge in [-0.05, 0) is 109 Å². The van der Waals surface area contributed by atoms with Crippen LogP contribution >= 0.6 is 0 Å². The van der Waals surface area contributed by atoms with Crippen molar-refractivity contribution >= 4 is 40.3 Å². The molecular weight excluding hydrogens is 737 g/mol. The van der Waals surface area contributed by atoms with Crippen LogP contribution in [0, 0.1) is 17.8 Å². The Morgan fingerprint density at radius 3 is 2.60 bits per heavy atom. The number of fused-ring (bicyclic) bond motifs is 7. The minimum Gasteiger partial charge on any atom is -0.488 e. The van der Waals surface area contributed by atoms with Gasteiger partial charge in [-0.3, -0.25) is 14.7 Å². The fourth-order valence-corrected chi connectivity index (χ4v) is 9.53. The number of piperidine rings is 1. The van der Waals surface area contributed by atoms with Gasteiger partial charge in [0.15, 0.2) is 0 Å². The third-order valence-corrected chi connectivity index (χ3v) is 12.4. The molecule has 3 aromatic carbocycles. The molecule has 6 atom stereocenters. The molecule has 1 saturated carbocycles. The Labute approximate surface area is 338 Å². The number of imidazole rings is 1. The van der Waals surface area contributed by atoms with E-state index in [0.29, 0.717) is 44.3 Å². The van der Waals surface area contributed by atoms with Crippen molar-refractivity contribution < 1.29 is 33.3 Å². The number of ether oxygens (including phenoxy) is 4. The highest BCUT2D eigenvalue weighted by molar-refractivity contribution is 6.06. The summed E-state index contributed by atoms with van der Waals surface area (Å²) in [7, 11) is 2.96. The van der Waals surface area contributed by atoms with E-state index in [0.717, 1.165) is 68.7 Å². The summed E-state index contributed by atoms with van der Waals surface area (Å²) in [5, 5.41) is 4.97. The maximum absolute atomic E-state index is 13.9. The van der Waals surface area contributed by atoms with Gasteiger partial charge < -0.3 is 34.1 Å². The van der Waals surface area contributed by atoms with Crippen LogP contribution in [0.25, 0.3) is 33.2 Å². The molecule has 4 aliphatic heterocycles. The lowest BCUT2D eigenvalue weighted by Gasteiger charge is -2.30. The average Bonchev–Trinajstić information content (AvgIpc) is 3.66. The number of carbonyl (C=O) groups excluding carboxylic acids is 3. The van der Waals surface area contributed by atoms with Crippen molar-refractivity contribution in [2.45, 2.75) is 96.7 Å². The van der Waals surface area contributed by atoms with E-state index in [9.17, 15) is 14.4 Å². The van der Waals surface area contributed by atoms with Crippen molar-refractivity contribution in [3.8, 4) is 28.1 Å². The summed E-state index contributed by atoms with van der Waals surface area (Å²) in [6.07, 6.45) is 4.31. The molecule has 5 heterocycles. The van der Waals surface area contributed by atoms with Crippen LogP contribution in [0.2, 0.25) is 0 Å². The highest BCUT2D eigenvalue weighted by Crippen LogP contribution is 2.51. The summed E-state index contributed by atoms with van der Waals surface area (Å²) >= 11 is 0. The standard InChI is InChI=1S/C45H52N6O7/c1-23(2)40(49-43(53)56-7)42(52)50-20-24(21-55-6)12-38(50)41-46-19-35(48-41)26-8-10-29-28(13-26)22-57-39-18-30-25(14-32(29)39)9-11-33-31(30)17-34(47-33)37-16-27-15-36(27)51(37)44(54)58-45(3,4)5/h8-11,13-14,18-19,23-24,27,36-38,40H,12,15-17,20-22H2,1-7H3,(H,46,48)(H,49,53)/t24-,27+,36+,37-,38-,40?/m0/s1. The molecule has 304 valence electrons. The number of methoxy groups -OCH3 is 2. The van der Waals surface area contributed by atoms with Gasteiger partial charge in [0, 0.05) is 43.3 Å². The van der Waals surface area contributed by atoms with E-state index >= 15 is 0 Å². The van der Waals surface area contributed by atoms with Crippen molar-refractivity contribution in [1.82, 2.24) is 25.1 Å². The third kappa shape index (κ3) is 6.86. The first-order valence-corrected chi connectivity index (χ1v) is 20.4. The first kappa shape index (κ1) is 38.1. The lowest BCUT2D eigenvalue weighted by molar-refractivity contribution is -0.135. The van der Waals surface area contributed by atoms with Gasteiger partial charge in [0.1, 0.15) is 29.8 Å². The Morgan fingerprint density at radius 1 is 1.02 bits per heavy atom. The molecule has 13 nitrogen and oxygen atoms in total. The van der Waals surface area contributed by atoms with Crippen LogP contribution in [0.5, 0.6) is 5.75 Å². The zero-order valence-corrected chi connectivity index (χ0v) is 34.3. The second-order valence-corrected chi connectivity index (χ2v) is 17.9. The largest absolute Gasteiger partial charge is 0.488 e. The maximum Gasteiger partial charge on any atom is 0.411 e. The first-order chi connectivity index (χ1) is 27.8. The minimum atomic E-state index is -0.739. The molecule has 0 bridgehead atoms. The van der Waals surface area contributed by atoms with E-state index in [4.69, 9.17) is 28.9 Å². The number of hydrogen-bond donors (Lipinski definition) is 2. The number of H-pyrrole nitrogens is 1. The van der Waals surface area contributed by atoms with Crippen molar-refractivity contribution in [3.63, 3.8) is 0 Å². The highest BCUT2D eigenvalue weighted by atomic mass is 16.6. The van der Waals surface area contributed by atoms with Gasteiger partial charge in [-0.15, -0.1) is 0 Å². The monoisotopic (exact) mass is 788 g/mol. The predicted molar refractivity (Wildman–Crippen MR) is 219 cm³/mol. The van der Waals surface area contributed by atoms with Crippen LogP contribution < -0.4 is 10.1 Å². The molecule has 58 heavy (non-hydrogen) atoms. The number of rotatable bonds is 8. The fourth-order valence-electron chi connectivity index (χ4n) is 9.53. The number of aromatic nitrogens is 2. The highest BCUT2D eigenvalue weighted by Gasteiger charge is 2.56. The summed E-state index contributed by atoms with van der Waals surface area (Å²) in [4.78, 5) is 56.6. The number of aliphatic imine (C=N–C) groups is 1. The maximum atomic E-state index is 13.9. The van der Waals surface area contributed by atoms with E-state index < -0.39 is 17.7 Å². The Balaban J connectivity index is 0.947. The van der Waals surface area contributed by atoms with Gasteiger partial charge in [0.2, 0.25) is 5.91 Å². The fraction of sp³-hybridized carbons (Fsp3) is 0.489. The van der Waals surface area contributed by atoms with Gasteiger partial charge in [-0.25, -0.2) is 14.6 Å². The molecule has 3 amide bonds. The first-order valence-electron chi connectivity index (χ1n) is 20.4. The third-order valence-electron chi connectivity index (χ3n) is 12.4. The number of nitrogens with zero attached hydrogens (tertiary/aromatic N) is 4. The molecule has 3 fully saturated rings. The molecule has 2 saturated heterocycles. The van der Waals surface area contributed by atoms with Crippen LogP contribution in [0.1, 0.15) is 76.9 Å². The second kappa shape index (κ2) is 14.4. The summed E-state index contributed by atoms with van der Waals surface area (Å²) in [5.41, 5.74) is 7.67. The van der Waals surface area contributed by atoms with Gasteiger partial charge in [-0.2, -0.15) is 0 Å². The Hall–Kier alpha value is -5.43. The molecule has 13 heteroatoms. The number of likely N-dealkylation sites (tertiary alicyclic amines) is 2. The van der Waals surface area contributed by atoms with Crippen LogP contribution in [-0.4, -0.2) is 94.7 Å². The topological polar surface area (TPSA) is 148 Å². The van der Waals surface area contributed by atoms with Gasteiger partial charge in [-0.1, -0.05) is 32.0 Å². The minimum absolute atomic E-state index is 0.0401. The number of hydrogen-bond acceptors (Lipinski definition) is 9. The molecule has 1 aromatic heterocycles. The Morgan fingerprint density at radius 2 is 1.84 bits per heavy atom. The van der Waals surface area contributed by atoms with E-state index in [-0.39, 0.29) is 42.0 Å². The quantitative estimate of drug-likeness (QED) is 0.184. The predicted octanol–water partition coefficient (Wildman–Crippen LogP) is 7.73. The number of nitrogens with one attached hydrogen (secondary N) is 2. The average molecular weight is 789 g/mol. The van der Waals surface area contributed by atoms with E-state index in [2.05, 4.69) is 52.8 Å². The van der Waals surface area contributed by atoms with E-state index in [1.807, 2.05) is 50.6 Å². The normalized spacial score (nSPS) is 23.4. The van der Waals surface area contributed by atoms with Crippen molar-refractivity contribution in [2.75, 3.05) is 27.4 Å². The summed E-state index contributed by atoms with van der Waals surface area (Å²) in [5.74, 6) is 1.87. The Bertz CT molecular complexity index is 2340. The van der Waals surface area contributed by atoms with Crippen molar-refractivity contribution in [2.24, 2.45) is 22.7 Å². The van der Waals surface area contributed by atoms with Gasteiger partial charge in [0.25, 0.3) is 0 Å². The van der Waals surface area contributed by atoms with Crippen LogP contribution in [-0.2, 0) is 32.0 Å². The number of aromatic amines is 1. The number of benzene rings is 3. The molecule has 5 aliphatic rings. The Kier molecular flexibility index (Phi) is 9.49. The number of amides is 3. The number of carbonyl (C=O) groups is 3. The van der Waals surface area contributed by atoms with E-state index in [1.54, 1.807) is 7.11 Å². The molecule has 1 aliphatic carbocycles. The van der Waals surface area contributed by atoms with Crippen LogP contribution in [0.4, 0.5) is 15.3 Å². The van der Waals surface area contributed by atoms with Crippen molar-refractivity contribution in [1.29, 1.82) is 0 Å². The smallest absolute Gasteiger partial charge is 0.411 e. The molecule has 4 aromatic rings. The summed E-state index contributed by atoms with van der Waals surface area (Å²) in [6, 6.07) is 14.2. The van der Waals surface area contributed by atoms with Gasteiger partial charge in [0.05, 0.1) is 43.4 Å².